The van der Waals surface area contributed by atoms with Gasteiger partial charge in [-0.25, -0.2) is 4.79 Å². The van der Waals surface area contributed by atoms with Crippen molar-refractivity contribution in [2.24, 2.45) is 0 Å². The number of aliphatic hydroxyl groups is 2. The summed E-state index contributed by atoms with van der Waals surface area (Å²) in [7, 11) is 0. The highest BCUT2D eigenvalue weighted by molar-refractivity contribution is 5.89. The van der Waals surface area contributed by atoms with Crippen molar-refractivity contribution in [1.29, 1.82) is 0 Å². The predicted octanol–water partition coefficient (Wildman–Crippen LogP) is 2.03. The number of hydrogen-bond acceptors (Lipinski definition) is 6. The van der Waals surface area contributed by atoms with Gasteiger partial charge in [0.1, 0.15) is 12.7 Å². The molecule has 0 amide bonds. The third kappa shape index (κ3) is 4.79. The molecule has 1 aromatic rings. The molecule has 2 fully saturated rings. The van der Waals surface area contributed by atoms with Gasteiger partial charge in [-0.2, -0.15) is 0 Å². The summed E-state index contributed by atoms with van der Waals surface area (Å²) in [5.74, 6) is -1.04. The van der Waals surface area contributed by atoms with E-state index in [2.05, 4.69) is 0 Å². The van der Waals surface area contributed by atoms with E-state index in [4.69, 9.17) is 14.2 Å². The van der Waals surface area contributed by atoms with Crippen molar-refractivity contribution < 1.29 is 29.2 Å². The SMILES string of the molecule is O=C(OC[C@H](O)C[C@H](O)[C@H]1COC2(CCCCC2)O1)c1ccccc1. The molecular weight excluding hydrogens is 324 g/mol. The van der Waals surface area contributed by atoms with E-state index in [0.717, 1.165) is 25.7 Å². The highest BCUT2D eigenvalue weighted by Crippen LogP contribution is 2.38. The fourth-order valence-electron chi connectivity index (χ4n) is 3.45. The zero-order valence-electron chi connectivity index (χ0n) is 14.3. The maximum Gasteiger partial charge on any atom is 0.338 e. The van der Waals surface area contributed by atoms with Crippen molar-refractivity contribution in [3.05, 3.63) is 35.9 Å². The van der Waals surface area contributed by atoms with E-state index in [1.807, 2.05) is 6.07 Å². The zero-order valence-corrected chi connectivity index (χ0v) is 14.3. The second-order valence-electron chi connectivity index (χ2n) is 6.86. The monoisotopic (exact) mass is 350 g/mol. The van der Waals surface area contributed by atoms with Crippen LogP contribution in [0.4, 0.5) is 0 Å². The molecule has 1 saturated carbocycles. The first kappa shape index (κ1) is 18.3. The lowest BCUT2D eigenvalue weighted by molar-refractivity contribution is -0.197. The summed E-state index contributed by atoms with van der Waals surface area (Å²) in [5, 5.41) is 20.4. The number of benzene rings is 1. The Hall–Kier alpha value is -1.47. The number of carbonyl (C=O) groups excluding carboxylic acids is 1. The molecule has 25 heavy (non-hydrogen) atoms. The molecule has 0 aromatic heterocycles. The number of hydrogen-bond donors (Lipinski definition) is 2. The van der Waals surface area contributed by atoms with Gasteiger partial charge in [-0.1, -0.05) is 24.6 Å². The van der Waals surface area contributed by atoms with Gasteiger partial charge in [-0.15, -0.1) is 0 Å². The van der Waals surface area contributed by atoms with Gasteiger partial charge in [-0.3, -0.25) is 0 Å². The minimum atomic E-state index is -0.950. The summed E-state index contributed by atoms with van der Waals surface area (Å²) >= 11 is 0. The van der Waals surface area contributed by atoms with Crippen LogP contribution in [0.2, 0.25) is 0 Å². The molecule has 2 aliphatic rings. The second kappa shape index (κ2) is 8.27. The Morgan fingerprint density at radius 1 is 1.20 bits per heavy atom. The first-order chi connectivity index (χ1) is 12.1. The molecule has 1 aliphatic heterocycles. The fourth-order valence-corrected chi connectivity index (χ4v) is 3.45. The van der Waals surface area contributed by atoms with E-state index in [9.17, 15) is 15.0 Å². The number of esters is 1. The van der Waals surface area contributed by atoms with Gasteiger partial charge in [0.25, 0.3) is 0 Å². The van der Waals surface area contributed by atoms with Crippen LogP contribution in [0.25, 0.3) is 0 Å². The Morgan fingerprint density at radius 2 is 1.92 bits per heavy atom. The minimum absolute atomic E-state index is 0.0756. The topological polar surface area (TPSA) is 85.2 Å². The molecule has 2 N–H and O–H groups in total. The van der Waals surface area contributed by atoms with Crippen molar-refractivity contribution in [3.63, 3.8) is 0 Å². The number of aliphatic hydroxyl groups excluding tert-OH is 2. The maximum atomic E-state index is 11.9. The Kier molecular flexibility index (Phi) is 6.06. The van der Waals surface area contributed by atoms with Crippen LogP contribution >= 0.6 is 0 Å². The Morgan fingerprint density at radius 3 is 2.64 bits per heavy atom. The summed E-state index contributed by atoms with van der Waals surface area (Å²) in [6, 6.07) is 8.60. The van der Waals surface area contributed by atoms with Gasteiger partial charge in [0.05, 0.1) is 24.4 Å². The molecule has 1 heterocycles. The average molecular weight is 350 g/mol. The number of rotatable bonds is 6. The van der Waals surface area contributed by atoms with Gasteiger partial charge in [0.15, 0.2) is 5.79 Å². The lowest BCUT2D eigenvalue weighted by atomic mass is 9.94. The Bertz CT molecular complexity index is 554. The van der Waals surface area contributed by atoms with Crippen LogP contribution < -0.4 is 0 Å². The molecule has 0 radical (unpaired) electrons. The summed E-state index contributed by atoms with van der Waals surface area (Å²) < 4.78 is 16.9. The van der Waals surface area contributed by atoms with Crippen LogP contribution in [0.1, 0.15) is 48.9 Å². The maximum absolute atomic E-state index is 11.9. The average Bonchev–Trinajstić information content (AvgIpc) is 3.04. The highest BCUT2D eigenvalue weighted by Gasteiger charge is 2.44. The molecule has 1 aromatic carbocycles. The van der Waals surface area contributed by atoms with Crippen LogP contribution in [-0.4, -0.2) is 53.5 Å². The van der Waals surface area contributed by atoms with Crippen molar-refractivity contribution in [3.8, 4) is 0 Å². The molecule has 1 saturated heterocycles. The van der Waals surface area contributed by atoms with Crippen molar-refractivity contribution in [1.82, 2.24) is 0 Å². The molecule has 3 atom stereocenters. The van der Waals surface area contributed by atoms with Crippen molar-refractivity contribution in [2.45, 2.75) is 62.6 Å². The molecule has 1 aliphatic carbocycles. The van der Waals surface area contributed by atoms with E-state index in [-0.39, 0.29) is 13.0 Å². The lowest BCUT2D eigenvalue weighted by Gasteiger charge is -2.32. The van der Waals surface area contributed by atoms with E-state index >= 15 is 0 Å². The van der Waals surface area contributed by atoms with Crippen LogP contribution in [0, 0.1) is 0 Å². The summed E-state index contributed by atoms with van der Waals surface area (Å²) in [6.45, 7) is 0.168. The molecule has 0 bridgehead atoms. The van der Waals surface area contributed by atoms with Gasteiger partial charge in [0.2, 0.25) is 0 Å². The van der Waals surface area contributed by atoms with Gasteiger partial charge in [0, 0.05) is 19.3 Å². The van der Waals surface area contributed by atoms with Crippen LogP contribution in [-0.2, 0) is 14.2 Å². The van der Waals surface area contributed by atoms with Gasteiger partial charge in [-0.05, 0) is 25.0 Å². The summed E-state index contributed by atoms with van der Waals surface area (Å²) in [6.07, 6.45) is 2.86. The summed E-state index contributed by atoms with van der Waals surface area (Å²) in [4.78, 5) is 11.9. The Labute approximate surface area is 147 Å². The van der Waals surface area contributed by atoms with E-state index in [1.165, 1.54) is 6.42 Å². The second-order valence-corrected chi connectivity index (χ2v) is 6.86. The third-order valence-corrected chi connectivity index (χ3v) is 4.85. The molecule has 138 valence electrons. The van der Waals surface area contributed by atoms with E-state index in [1.54, 1.807) is 24.3 Å². The standard InChI is InChI=1S/C19H26O6/c20-15(12-23-18(22)14-7-3-1-4-8-14)11-16(21)17-13-24-19(25-17)9-5-2-6-10-19/h1,3-4,7-8,15-17,20-21H,2,5-6,9-13H2/t15-,16+,17-/m1/s1. The molecular formula is C19H26O6. The van der Waals surface area contributed by atoms with Gasteiger partial charge >= 0.3 is 5.97 Å². The first-order valence-corrected chi connectivity index (χ1v) is 8.98. The fraction of sp³-hybridized carbons (Fsp3) is 0.632. The number of carbonyl (C=O) groups is 1. The minimum Gasteiger partial charge on any atom is -0.459 e. The normalized spacial score (nSPS) is 24.8. The van der Waals surface area contributed by atoms with Crippen LogP contribution in [0.15, 0.2) is 30.3 Å². The lowest BCUT2D eigenvalue weighted by Crippen LogP contribution is -2.37. The molecule has 6 nitrogen and oxygen atoms in total. The van der Waals surface area contributed by atoms with E-state index in [0.29, 0.717) is 12.2 Å². The highest BCUT2D eigenvalue weighted by atomic mass is 16.7. The number of ether oxygens (including phenoxy) is 3. The summed E-state index contributed by atoms with van der Waals surface area (Å²) in [5.41, 5.74) is 0.432. The van der Waals surface area contributed by atoms with E-state index < -0.39 is 30.1 Å². The molecule has 6 heteroatoms. The molecule has 3 rings (SSSR count). The zero-order chi connectivity index (χ0) is 17.7. The van der Waals surface area contributed by atoms with Crippen molar-refractivity contribution in [2.75, 3.05) is 13.2 Å². The van der Waals surface area contributed by atoms with Gasteiger partial charge < -0.3 is 24.4 Å². The Balaban J connectivity index is 1.42. The smallest absolute Gasteiger partial charge is 0.338 e. The predicted molar refractivity (Wildman–Crippen MR) is 90.0 cm³/mol. The molecule has 0 unspecified atom stereocenters. The van der Waals surface area contributed by atoms with Crippen molar-refractivity contribution >= 4 is 5.97 Å². The quantitative estimate of drug-likeness (QED) is 0.764. The first-order valence-electron chi connectivity index (χ1n) is 8.98. The molecule has 1 spiro atoms. The van der Waals surface area contributed by atoms with Crippen LogP contribution in [0.5, 0.6) is 0 Å². The van der Waals surface area contributed by atoms with Crippen LogP contribution in [0.3, 0.4) is 0 Å². The third-order valence-electron chi connectivity index (χ3n) is 4.85. The largest absolute Gasteiger partial charge is 0.459 e.